The van der Waals surface area contributed by atoms with Gasteiger partial charge in [0.15, 0.2) is 10.9 Å². The fourth-order valence-electron chi connectivity index (χ4n) is 14.0. The first kappa shape index (κ1) is 60.8. The van der Waals surface area contributed by atoms with Crippen molar-refractivity contribution in [1.82, 2.24) is 18.3 Å². The molecule has 0 fully saturated rings. The Kier molecular flexibility index (Phi) is 17.4. The minimum atomic E-state index is 0.0443. The van der Waals surface area contributed by atoms with Crippen molar-refractivity contribution in [2.75, 3.05) is 0 Å². The number of fused-ring (bicyclic) bond motifs is 10. The molecule has 0 N–H and O–H groups in total. The average molecular weight is 1150 g/mol. The van der Waals surface area contributed by atoms with Crippen molar-refractivity contribution >= 4 is 87.2 Å². The maximum atomic E-state index is 14.5. The van der Waals surface area contributed by atoms with Crippen molar-refractivity contribution in [2.45, 2.75) is 234 Å². The average Bonchev–Trinajstić information content (AvgIpc) is 0.993. The minimum Gasteiger partial charge on any atom is -0.340 e. The monoisotopic (exact) mass is 1150 g/mol. The van der Waals surface area contributed by atoms with Crippen LogP contribution in [0, 0.1) is 0 Å². The summed E-state index contributed by atoms with van der Waals surface area (Å²) in [4.78, 5) is 29.0. The molecule has 11 aromatic rings. The van der Waals surface area contributed by atoms with E-state index < -0.39 is 0 Å². The molecule has 0 bridgehead atoms. The number of pyridine rings is 2. The highest BCUT2D eigenvalue weighted by Crippen LogP contribution is 2.39. The summed E-state index contributed by atoms with van der Waals surface area (Å²) < 4.78 is 9.83. The SMILES string of the molecule is CC(C)(C)c1ccc2c(c1)c1cc(C(C)(C)C)ccc1n2CCCCCCCCCCn1c2ccccc2c(=O)c2cc3c(cc21)c(=O)c1ccccc1n3CCCCCCCCCCn1c2ccc(C(C)(C)C)cc2c2cc(C(C)(C)C)ccc21. The lowest BCUT2D eigenvalue weighted by Crippen LogP contribution is -2.16. The summed E-state index contributed by atoms with van der Waals surface area (Å²) in [5.74, 6) is 0. The first-order valence-electron chi connectivity index (χ1n) is 33.2. The van der Waals surface area contributed by atoms with Gasteiger partial charge < -0.3 is 18.3 Å². The molecule has 4 heterocycles. The van der Waals surface area contributed by atoms with Gasteiger partial charge in [0.05, 0.1) is 22.1 Å². The Bertz CT molecular complexity index is 3970. The van der Waals surface area contributed by atoms with Gasteiger partial charge >= 0.3 is 0 Å². The van der Waals surface area contributed by atoms with Gasteiger partial charge in [0.1, 0.15) is 0 Å². The molecule has 0 spiro atoms. The van der Waals surface area contributed by atoms with Crippen LogP contribution in [0.4, 0.5) is 0 Å². The molecule has 4 aromatic heterocycles. The molecule has 0 aliphatic carbocycles. The van der Waals surface area contributed by atoms with E-state index in [-0.39, 0.29) is 32.5 Å². The number of hydrogen-bond donors (Lipinski definition) is 0. The molecular formula is C80H98N4O2. The summed E-state index contributed by atoms with van der Waals surface area (Å²) in [7, 11) is 0. The molecular weight excluding hydrogens is 1050 g/mol. The molecule has 7 aromatic carbocycles. The Hall–Kier alpha value is -6.92. The van der Waals surface area contributed by atoms with Crippen LogP contribution in [0.25, 0.3) is 87.2 Å². The molecule has 0 radical (unpaired) electrons. The Morgan fingerprint density at radius 2 is 0.453 bits per heavy atom. The summed E-state index contributed by atoms with van der Waals surface area (Å²) in [6.07, 6.45) is 18.9. The zero-order chi connectivity index (χ0) is 60.7. The molecule has 11 rings (SSSR count). The first-order valence-corrected chi connectivity index (χ1v) is 33.2. The van der Waals surface area contributed by atoms with Crippen LogP contribution in [0.5, 0.6) is 0 Å². The second-order valence-electron chi connectivity index (χ2n) is 29.8. The summed E-state index contributed by atoms with van der Waals surface area (Å²) >= 11 is 0. The van der Waals surface area contributed by atoms with Crippen molar-refractivity contribution < 1.29 is 0 Å². The van der Waals surface area contributed by atoms with Gasteiger partial charge in [0.25, 0.3) is 0 Å². The number of para-hydroxylation sites is 2. The Morgan fingerprint density at radius 1 is 0.233 bits per heavy atom. The van der Waals surface area contributed by atoms with E-state index in [0.29, 0.717) is 10.8 Å². The summed E-state index contributed by atoms with van der Waals surface area (Å²) in [6.45, 7) is 31.4. The molecule has 6 nitrogen and oxygen atoms in total. The number of aromatic nitrogens is 4. The van der Waals surface area contributed by atoms with Gasteiger partial charge in [-0.3, -0.25) is 9.59 Å². The van der Waals surface area contributed by atoms with Crippen LogP contribution in [0.3, 0.4) is 0 Å². The lowest BCUT2D eigenvalue weighted by atomic mass is 9.85. The molecule has 0 atom stereocenters. The first-order chi connectivity index (χ1) is 41.1. The lowest BCUT2D eigenvalue weighted by Gasteiger charge is -2.19. The third-order valence-electron chi connectivity index (χ3n) is 19.3. The Morgan fingerprint density at radius 3 is 0.709 bits per heavy atom. The van der Waals surface area contributed by atoms with Gasteiger partial charge in [0, 0.05) is 91.3 Å². The van der Waals surface area contributed by atoms with E-state index in [1.165, 1.54) is 143 Å². The fourth-order valence-corrected chi connectivity index (χ4v) is 14.0. The molecule has 0 saturated heterocycles. The topological polar surface area (TPSA) is 53.9 Å². The van der Waals surface area contributed by atoms with Crippen LogP contribution in [-0.2, 0) is 47.8 Å². The second-order valence-corrected chi connectivity index (χ2v) is 29.8. The quantitative estimate of drug-likeness (QED) is 0.0502. The molecule has 450 valence electrons. The van der Waals surface area contributed by atoms with Gasteiger partial charge in [-0.25, -0.2) is 0 Å². The predicted molar refractivity (Wildman–Crippen MR) is 373 cm³/mol. The highest BCUT2D eigenvalue weighted by molar-refractivity contribution is 6.10. The Labute approximate surface area is 512 Å². The van der Waals surface area contributed by atoms with Gasteiger partial charge in [-0.2, -0.15) is 0 Å². The van der Waals surface area contributed by atoms with Crippen LogP contribution in [0.1, 0.15) is 208 Å². The maximum Gasteiger partial charge on any atom is 0.197 e. The second kappa shape index (κ2) is 24.7. The fraction of sp³-hybridized carbons (Fsp3) is 0.450. The largest absolute Gasteiger partial charge is 0.340 e. The van der Waals surface area contributed by atoms with Crippen LogP contribution in [0.2, 0.25) is 0 Å². The highest BCUT2D eigenvalue weighted by Gasteiger charge is 2.23. The van der Waals surface area contributed by atoms with E-state index in [2.05, 4.69) is 198 Å². The predicted octanol–water partition coefficient (Wildman–Crippen LogP) is 21.7. The third kappa shape index (κ3) is 12.5. The van der Waals surface area contributed by atoms with E-state index >= 15 is 0 Å². The zero-order valence-electron chi connectivity index (χ0n) is 54.4. The van der Waals surface area contributed by atoms with Crippen LogP contribution >= 0.6 is 0 Å². The lowest BCUT2D eigenvalue weighted by molar-refractivity contribution is 0.535. The minimum absolute atomic E-state index is 0.0443. The number of benzene rings is 7. The Balaban J connectivity index is 0.695. The number of rotatable bonds is 22. The molecule has 0 aliphatic rings. The number of unbranched alkanes of at least 4 members (excludes halogenated alkanes) is 14. The normalized spacial score (nSPS) is 13.0. The molecule has 86 heavy (non-hydrogen) atoms. The van der Waals surface area contributed by atoms with E-state index in [4.69, 9.17) is 0 Å². The number of nitrogens with zero attached hydrogens (tertiary/aromatic N) is 4. The van der Waals surface area contributed by atoms with Crippen LogP contribution < -0.4 is 10.9 Å². The van der Waals surface area contributed by atoms with Gasteiger partial charge in [-0.05, 0) is 155 Å². The molecule has 0 amide bonds. The standard InChI is InChI=1S/C80H98N4O2/c1-77(2,3)55-37-41-69-61(49-55)62-50-56(78(4,5)6)38-42-70(62)81(69)45-29-21-17-13-15-19-23-31-47-83-67-35-27-25-33-59(67)75(85)65-54-74-66(53-73(65)83)76(86)60-34-26-28-36-68(60)84(74)48-32-24-20-16-14-18-22-30-46-82-71-43-39-57(79(7,8)9)51-63(71)64-52-58(80(10,11)12)40-44-72(64)82/h25-28,33-44,49-54H,13-24,29-32,45-48H2,1-12H3. The molecule has 0 unspecified atom stereocenters. The third-order valence-corrected chi connectivity index (χ3v) is 19.3. The van der Waals surface area contributed by atoms with E-state index in [1.54, 1.807) is 0 Å². The molecule has 0 saturated carbocycles. The molecule has 0 aliphatic heterocycles. The maximum absolute atomic E-state index is 14.5. The van der Waals surface area contributed by atoms with Crippen molar-refractivity contribution in [3.8, 4) is 0 Å². The number of hydrogen-bond acceptors (Lipinski definition) is 2. The van der Waals surface area contributed by atoms with E-state index in [0.717, 1.165) is 84.7 Å². The van der Waals surface area contributed by atoms with Gasteiger partial charge in [0.2, 0.25) is 0 Å². The van der Waals surface area contributed by atoms with Crippen LogP contribution in [0.15, 0.2) is 143 Å². The van der Waals surface area contributed by atoms with Crippen molar-refractivity contribution in [1.29, 1.82) is 0 Å². The van der Waals surface area contributed by atoms with Crippen molar-refractivity contribution in [3.05, 3.63) is 176 Å². The molecule has 6 heteroatoms. The van der Waals surface area contributed by atoms with Crippen LogP contribution in [-0.4, -0.2) is 18.3 Å². The van der Waals surface area contributed by atoms with Crippen molar-refractivity contribution in [2.24, 2.45) is 0 Å². The van der Waals surface area contributed by atoms with Crippen molar-refractivity contribution in [3.63, 3.8) is 0 Å². The van der Waals surface area contributed by atoms with Gasteiger partial charge in [-0.1, -0.05) is 209 Å². The highest BCUT2D eigenvalue weighted by atomic mass is 16.1. The zero-order valence-corrected chi connectivity index (χ0v) is 54.4. The summed E-state index contributed by atoms with van der Waals surface area (Å²) in [6, 6.07) is 48.9. The van der Waals surface area contributed by atoms with Gasteiger partial charge in [-0.15, -0.1) is 0 Å². The van der Waals surface area contributed by atoms with E-state index in [1.807, 2.05) is 36.4 Å². The smallest absolute Gasteiger partial charge is 0.197 e. The summed E-state index contributed by atoms with van der Waals surface area (Å²) in [5, 5.41) is 8.43. The van der Waals surface area contributed by atoms with E-state index in [9.17, 15) is 9.59 Å². The number of aryl methyl sites for hydroxylation is 4. The summed E-state index contributed by atoms with van der Waals surface area (Å²) in [5.41, 5.74) is 15.1.